The van der Waals surface area contributed by atoms with E-state index in [1.165, 1.54) is 6.08 Å². The number of rotatable bonds is 4. The zero-order valence-corrected chi connectivity index (χ0v) is 8.11. The molecule has 0 aromatic heterocycles. The molecular formula is C12H11NO2. The third kappa shape index (κ3) is 5.21. The Morgan fingerprint density at radius 1 is 1.00 bits per heavy atom. The van der Waals surface area contributed by atoms with Gasteiger partial charge in [-0.3, -0.25) is 10.1 Å². The lowest BCUT2D eigenvalue weighted by Gasteiger charge is -1.87. The van der Waals surface area contributed by atoms with E-state index in [0.29, 0.717) is 0 Å². The topological polar surface area (TPSA) is 43.1 Å². The first-order valence-electron chi connectivity index (χ1n) is 4.49. The van der Waals surface area contributed by atoms with Gasteiger partial charge in [0, 0.05) is 6.08 Å². The van der Waals surface area contributed by atoms with Gasteiger partial charge in [0.1, 0.15) is 0 Å². The number of nitrogens with zero attached hydrogens (tertiary/aromatic N) is 1. The van der Waals surface area contributed by atoms with Crippen molar-refractivity contribution in [2.24, 2.45) is 0 Å². The molecule has 76 valence electrons. The van der Waals surface area contributed by atoms with Gasteiger partial charge in [0.15, 0.2) is 0 Å². The molecule has 0 N–H and O–H groups in total. The second-order valence-corrected chi connectivity index (χ2v) is 2.78. The molecule has 1 rings (SSSR count). The molecule has 3 nitrogen and oxygen atoms in total. The monoisotopic (exact) mass is 201 g/mol. The van der Waals surface area contributed by atoms with Crippen LogP contribution in [0.1, 0.15) is 5.56 Å². The summed E-state index contributed by atoms with van der Waals surface area (Å²) in [6, 6.07) is 9.83. The SMILES string of the molecule is O=[N+]([O-])/C=C/C=C/C=C/c1ccccc1. The van der Waals surface area contributed by atoms with Crippen LogP contribution in [0.25, 0.3) is 6.08 Å². The van der Waals surface area contributed by atoms with Crippen molar-refractivity contribution in [2.75, 3.05) is 0 Å². The number of hydrogen-bond donors (Lipinski definition) is 0. The minimum absolute atomic E-state index is 0.495. The Balaban J connectivity index is 2.44. The fourth-order valence-electron chi connectivity index (χ4n) is 0.979. The van der Waals surface area contributed by atoms with Crippen LogP contribution in [0.2, 0.25) is 0 Å². The van der Waals surface area contributed by atoms with E-state index in [9.17, 15) is 10.1 Å². The van der Waals surface area contributed by atoms with Crippen LogP contribution in [0, 0.1) is 10.1 Å². The van der Waals surface area contributed by atoms with Crippen molar-refractivity contribution in [3.05, 3.63) is 76.5 Å². The van der Waals surface area contributed by atoms with Crippen molar-refractivity contribution in [1.82, 2.24) is 0 Å². The van der Waals surface area contributed by atoms with Gasteiger partial charge < -0.3 is 0 Å². The maximum atomic E-state index is 9.92. The molecule has 0 atom stereocenters. The first-order chi connectivity index (χ1) is 7.29. The van der Waals surface area contributed by atoms with E-state index in [-0.39, 0.29) is 0 Å². The smallest absolute Gasteiger partial charge is 0.234 e. The normalized spacial score (nSPS) is 11.7. The Bertz CT molecular complexity index is 391. The van der Waals surface area contributed by atoms with Crippen molar-refractivity contribution >= 4 is 6.08 Å². The number of benzene rings is 1. The van der Waals surface area contributed by atoms with E-state index < -0.39 is 4.92 Å². The summed E-state index contributed by atoms with van der Waals surface area (Å²) in [5.74, 6) is 0. The van der Waals surface area contributed by atoms with Gasteiger partial charge in [0.25, 0.3) is 0 Å². The molecule has 0 unspecified atom stereocenters. The first-order valence-corrected chi connectivity index (χ1v) is 4.49. The Hall–Kier alpha value is -2.16. The molecular weight excluding hydrogens is 190 g/mol. The van der Waals surface area contributed by atoms with Crippen molar-refractivity contribution in [3.8, 4) is 0 Å². The first kappa shape index (κ1) is 10.9. The van der Waals surface area contributed by atoms with Crippen LogP contribution in [0.5, 0.6) is 0 Å². The van der Waals surface area contributed by atoms with Gasteiger partial charge in [-0.25, -0.2) is 0 Å². The van der Waals surface area contributed by atoms with E-state index in [0.717, 1.165) is 11.8 Å². The largest absolute Gasteiger partial charge is 0.259 e. The lowest BCUT2D eigenvalue weighted by molar-refractivity contribution is -0.402. The highest BCUT2D eigenvalue weighted by atomic mass is 16.6. The van der Waals surface area contributed by atoms with E-state index in [1.807, 2.05) is 42.5 Å². The summed E-state index contributed by atoms with van der Waals surface area (Å²) in [6.07, 6.45) is 9.40. The average molecular weight is 201 g/mol. The summed E-state index contributed by atoms with van der Waals surface area (Å²) >= 11 is 0. The molecule has 0 aliphatic heterocycles. The minimum Gasteiger partial charge on any atom is -0.259 e. The van der Waals surface area contributed by atoms with E-state index in [4.69, 9.17) is 0 Å². The molecule has 3 heteroatoms. The summed E-state index contributed by atoms with van der Waals surface area (Å²) < 4.78 is 0. The molecule has 15 heavy (non-hydrogen) atoms. The number of hydrogen-bond acceptors (Lipinski definition) is 2. The fourth-order valence-corrected chi connectivity index (χ4v) is 0.979. The molecule has 1 aromatic carbocycles. The molecule has 0 aliphatic rings. The lowest BCUT2D eigenvalue weighted by atomic mass is 10.2. The van der Waals surface area contributed by atoms with Gasteiger partial charge in [-0.05, 0) is 5.56 Å². The molecule has 0 bridgehead atoms. The standard InChI is InChI=1S/C12H11NO2/c14-13(15)11-7-2-1-4-8-12-9-5-3-6-10-12/h1-11H/b2-1+,8-4+,11-7+. The van der Waals surface area contributed by atoms with Gasteiger partial charge in [-0.2, -0.15) is 0 Å². The van der Waals surface area contributed by atoms with Crippen molar-refractivity contribution in [2.45, 2.75) is 0 Å². The summed E-state index contributed by atoms with van der Waals surface area (Å²) in [4.78, 5) is 9.43. The molecule has 0 amide bonds. The zero-order chi connectivity index (χ0) is 10.9. The van der Waals surface area contributed by atoms with Crippen LogP contribution in [0.3, 0.4) is 0 Å². The van der Waals surface area contributed by atoms with Crippen LogP contribution < -0.4 is 0 Å². The second kappa shape index (κ2) is 6.32. The highest BCUT2D eigenvalue weighted by Gasteiger charge is 1.80. The summed E-state index contributed by atoms with van der Waals surface area (Å²) in [6.45, 7) is 0. The zero-order valence-electron chi connectivity index (χ0n) is 8.11. The van der Waals surface area contributed by atoms with Crippen LogP contribution in [-0.2, 0) is 0 Å². The van der Waals surface area contributed by atoms with Crippen molar-refractivity contribution < 1.29 is 4.92 Å². The quantitative estimate of drug-likeness (QED) is 0.427. The summed E-state index contributed by atoms with van der Waals surface area (Å²) in [5, 5.41) is 9.92. The fraction of sp³-hybridized carbons (Fsp3) is 0. The third-order valence-corrected chi connectivity index (χ3v) is 1.63. The number of allylic oxidation sites excluding steroid dienone is 4. The molecule has 0 aliphatic carbocycles. The van der Waals surface area contributed by atoms with Crippen LogP contribution in [-0.4, -0.2) is 4.92 Å². The molecule has 0 spiro atoms. The molecule has 0 saturated carbocycles. The molecule has 0 fully saturated rings. The Kier molecular flexibility index (Phi) is 4.60. The molecule has 0 saturated heterocycles. The predicted molar refractivity (Wildman–Crippen MR) is 60.8 cm³/mol. The summed E-state index contributed by atoms with van der Waals surface area (Å²) in [7, 11) is 0. The van der Waals surface area contributed by atoms with Gasteiger partial charge in [0.2, 0.25) is 6.20 Å². The van der Waals surface area contributed by atoms with Gasteiger partial charge in [0.05, 0.1) is 4.92 Å². The minimum atomic E-state index is -0.495. The van der Waals surface area contributed by atoms with Crippen molar-refractivity contribution in [3.63, 3.8) is 0 Å². The highest BCUT2D eigenvalue weighted by molar-refractivity contribution is 5.50. The predicted octanol–water partition coefficient (Wildman–Crippen LogP) is 3.05. The Morgan fingerprint density at radius 2 is 1.67 bits per heavy atom. The summed E-state index contributed by atoms with van der Waals surface area (Å²) in [5.41, 5.74) is 1.10. The van der Waals surface area contributed by atoms with Crippen LogP contribution >= 0.6 is 0 Å². The Morgan fingerprint density at radius 3 is 2.33 bits per heavy atom. The van der Waals surface area contributed by atoms with Gasteiger partial charge >= 0.3 is 0 Å². The average Bonchev–Trinajstić information content (AvgIpc) is 2.24. The third-order valence-electron chi connectivity index (χ3n) is 1.63. The maximum Gasteiger partial charge on any atom is 0.234 e. The molecule has 0 radical (unpaired) electrons. The highest BCUT2D eigenvalue weighted by Crippen LogP contribution is 2.00. The molecule has 0 heterocycles. The van der Waals surface area contributed by atoms with Crippen molar-refractivity contribution in [1.29, 1.82) is 0 Å². The van der Waals surface area contributed by atoms with Gasteiger partial charge in [-0.1, -0.05) is 54.6 Å². The Labute approximate surface area is 88.2 Å². The van der Waals surface area contributed by atoms with E-state index in [1.54, 1.807) is 12.2 Å². The second-order valence-electron chi connectivity index (χ2n) is 2.78. The van der Waals surface area contributed by atoms with E-state index in [2.05, 4.69) is 0 Å². The number of nitro groups is 1. The maximum absolute atomic E-state index is 9.92. The lowest BCUT2D eigenvalue weighted by Crippen LogP contribution is -1.80. The van der Waals surface area contributed by atoms with Crippen LogP contribution in [0.4, 0.5) is 0 Å². The molecule has 1 aromatic rings. The van der Waals surface area contributed by atoms with Gasteiger partial charge in [-0.15, -0.1) is 0 Å². The van der Waals surface area contributed by atoms with Crippen LogP contribution in [0.15, 0.2) is 60.8 Å². The van der Waals surface area contributed by atoms with E-state index >= 15 is 0 Å².